The number of halogens is 1. The zero-order valence-electron chi connectivity index (χ0n) is 12.2. The number of ether oxygens (including phenoxy) is 1. The lowest BCUT2D eigenvalue weighted by molar-refractivity contribution is 0.0636. The van der Waals surface area contributed by atoms with Crippen LogP contribution in [0, 0.1) is 0 Å². The van der Waals surface area contributed by atoms with Crippen LogP contribution < -0.4 is 0 Å². The number of hydrogen-bond acceptors (Lipinski definition) is 4. The highest BCUT2D eigenvalue weighted by Crippen LogP contribution is 2.14. The zero-order chi connectivity index (χ0) is 14.1. The van der Waals surface area contributed by atoms with Crippen LogP contribution in [0.2, 0.25) is 0 Å². The van der Waals surface area contributed by atoms with Gasteiger partial charge in [-0.1, -0.05) is 0 Å². The van der Waals surface area contributed by atoms with E-state index < -0.39 is 0 Å². The molecule has 0 saturated carbocycles. The number of likely N-dealkylation sites (N-methyl/N-ethyl adjacent to an activating group) is 1. The molecule has 110 valence electrons. The van der Waals surface area contributed by atoms with Gasteiger partial charge in [0.15, 0.2) is 0 Å². The molecule has 0 aliphatic carbocycles. The molecule has 0 atom stereocenters. The molecule has 0 aromatic carbocycles. The number of thiazole rings is 1. The normalized spacial score (nSPS) is 11.7. The summed E-state index contributed by atoms with van der Waals surface area (Å²) in [4.78, 5) is 6.80. The second-order valence-corrected chi connectivity index (χ2v) is 6.26. The number of aromatic nitrogens is 1. The van der Waals surface area contributed by atoms with Gasteiger partial charge in [0.05, 0.1) is 29.3 Å². The van der Waals surface area contributed by atoms with Crippen LogP contribution in [-0.2, 0) is 17.0 Å². The van der Waals surface area contributed by atoms with Crippen LogP contribution in [0.1, 0.15) is 37.4 Å². The summed E-state index contributed by atoms with van der Waals surface area (Å²) in [5, 5.41) is 3.26. The van der Waals surface area contributed by atoms with Crippen molar-refractivity contribution >= 4 is 22.9 Å². The average Bonchev–Trinajstić information content (AvgIpc) is 2.82. The van der Waals surface area contributed by atoms with Crippen molar-refractivity contribution < 1.29 is 4.74 Å². The molecule has 1 rings (SSSR count). The Morgan fingerprint density at radius 3 is 2.79 bits per heavy atom. The van der Waals surface area contributed by atoms with Gasteiger partial charge in [-0.3, -0.25) is 0 Å². The minimum Gasteiger partial charge on any atom is -0.377 e. The van der Waals surface area contributed by atoms with E-state index in [-0.39, 0.29) is 0 Å². The van der Waals surface area contributed by atoms with E-state index >= 15 is 0 Å². The summed E-state index contributed by atoms with van der Waals surface area (Å²) in [7, 11) is 2.15. The lowest BCUT2D eigenvalue weighted by atomic mass is 10.2. The number of rotatable bonds is 10. The molecule has 0 bridgehead atoms. The van der Waals surface area contributed by atoms with Crippen LogP contribution in [0.25, 0.3) is 0 Å². The smallest absolute Gasteiger partial charge is 0.0928 e. The van der Waals surface area contributed by atoms with E-state index in [0.717, 1.165) is 31.8 Å². The molecule has 0 unspecified atom stereocenters. The summed E-state index contributed by atoms with van der Waals surface area (Å²) in [5.41, 5.74) is 1.00. The zero-order valence-corrected chi connectivity index (χ0v) is 13.8. The van der Waals surface area contributed by atoms with Crippen molar-refractivity contribution in [2.45, 2.75) is 45.1 Å². The Labute approximate surface area is 125 Å². The summed E-state index contributed by atoms with van der Waals surface area (Å²) in [6.45, 7) is 7.09. The fraction of sp³-hybridized carbons (Fsp3) is 0.786. The molecule has 1 aromatic heterocycles. The molecule has 1 aromatic rings. The first-order valence-corrected chi connectivity index (χ1v) is 8.32. The molecule has 5 heteroatoms. The Morgan fingerprint density at radius 1 is 1.37 bits per heavy atom. The summed E-state index contributed by atoms with van der Waals surface area (Å²) in [6.07, 6.45) is 3.78. The van der Waals surface area contributed by atoms with Gasteiger partial charge in [-0.05, 0) is 46.7 Å². The minimum atomic E-state index is 0.328. The molecule has 19 heavy (non-hydrogen) atoms. The fourth-order valence-corrected chi connectivity index (χ4v) is 2.81. The molecule has 0 aliphatic rings. The standard InChI is InChI=1S/C14H25ClN2OS/c1-12(2)18-9-8-17(3)7-5-4-6-14-16-13(10-15)11-19-14/h11-12H,4-10H2,1-3H3. The Bertz CT molecular complexity index is 344. The predicted molar refractivity (Wildman–Crippen MR) is 83.2 cm³/mol. The second kappa shape index (κ2) is 9.70. The first kappa shape index (κ1) is 16.9. The lowest BCUT2D eigenvalue weighted by Gasteiger charge is -2.17. The van der Waals surface area contributed by atoms with Gasteiger partial charge in [0.2, 0.25) is 0 Å². The maximum Gasteiger partial charge on any atom is 0.0928 e. The molecule has 0 radical (unpaired) electrons. The van der Waals surface area contributed by atoms with Gasteiger partial charge in [0.25, 0.3) is 0 Å². The number of nitrogens with zero attached hydrogens (tertiary/aromatic N) is 2. The summed E-state index contributed by atoms with van der Waals surface area (Å²) >= 11 is 7.46. The molecule has 0 fully saturated rings. The maximum atomic E-state index is 5.74. The summed E-state index contributed by atoms with van der Waals surface area (Å²) < 4.78 is 5.54. The van der Waals surface area contributed by atoms with Gasteiger partial charge in [0, 0.05) is 11.9 Å². The largest absolute Gasteiger partial charge is 0.377 e. The second-order valence-electron chi connectivity index (χ2n) is 5.05. The number of hydrogen-bond donors (Lipinski definition) is 0. The van der Waals surface area contributed by atoms with Crippen molar-refractivity contribution in [1.29, 1.82) is 0 Å². The van der Waals surface area contributed by atoms with Crippen LogP contribution in [0.15, 0.2) is 5.38 Å². The third-order valence-corrected chi connectivity index (χ3v) is 4.07. The van der Waals surface area contributed by atoms with Crippen molar-refractivity contribution in [3.63, 3.8) is 0 Å². The van der Waals surface area contributed by atoms with E-state index in [2.05, 4.69) is 36.2 Å². The van der Waals surface area contributed by atoms with Crippen LogP contribution >= 0.6 is 22.9 Å². The maximum absolute atomic E-state index is 5.74. The molecule has 0 aliphatic heterocycles. The number of unbranched alkanes of at least 4 members (excludes halogenated alkanes) is 1. The molecule has 0 amide bonds. The van der Waals surface area contributed by atoms with E-state index in [1.807, 2.05) is 0 Å². The Hall–Kier alpha value is -0.160. The van der Waals surface area contributed by atoms with Crippen LogP contribution in [0.3, 0.4) is 0 Å². The van der Waals surface area contributed by atoms with E-state index in [9.17, 15) is 0 Å². The first-order valence-electron chi connectivity index (χ1n) is 6.91. The van der Waals surface area contributed by atoms with Gasteiger partial charge >= 0.3 is 0 Å². The first-order chi connectivity index (χ1) is 9.11. The van der Waals surface area contributed by atoms with Gasteiger partial charge in [-0.25, -0.2) is 4.98 Å². The van der Waals surface area contributed by atoms with E-state index in [0.29, 0.717) is 12.0 Å². The highest BCUT2D eigenvalue weighted by Gasteiger charge is 2.03. The summed E-state index contributed by atoms with van der Waals surface area (Å²) in [5.74, 6) is 0.523. The van der Waals surface area contributed by atoms with Crippen molar-refractivity contribution in [3.8, 4) is 0 Å². The number of aryl methyl sites for hydroxylation is 1. The number of alkyl halides is 1. The molecule has 0 N–H and O–H groups in total. The monoisotopic (exact) mass is 304 g/mol. The van der Waals surface area contributed by atoms with E-state index in [1.54, 1.807) is 11.3 Å². The van der Waals surface area contributed by atoms with Crippen LogP contribution in [-0.4, -0.2) is 42.7 Å². The summed E-state index contributed by atoms with van der Waals surface area (Å²) in [6, 6.07) is 0. The fourth-order valence-electron chi connectivity index (χ4n) is 1.74. The van der Waals surface area contributed by atoms with Crippen molar-refractivity contribution in [1.82, 2.24) is 9.88 Å². The average molecular weight is 305 g/mol. The third kappa shape index (κ3) is 7.88. The Morgan fingerprint density at radius 2 is 2.16 bits per heavy atom. The SMILES string of the molecule is CC(C)OCCN(C)CCCCc1nc(CCl)cs1. The Balaban J connectivity index is 2.03. The van der Waals surface area contributed by atoms with Crippen molar-refractivity contribution in [2.75, 3.05) is 26.7 Å². The van der Waals surface area contributed by atoms with Crippen molar-refractivity contribution in [3.05, 3.63) is 16.1 Å². The van der Waals surface area contributed by atoms with Crippen molar-refractivity contribution in [2.24, 2.45) is 0 Å². The molecular weight excluding hydrogens is 280 g/mol. The van der Waals surface area contributed by atoms with Gasteiger partial charge in [-0.15, -0.1) is 22.9 Å². The quantitative estimate of drug-likeness (QED) is 0.488. The van der Waals surface area contributed by atoms with E-state index in [4.69, 9.17) is 16.3 Å². The molecule has 0 spiro atoms. The van der Waals surface area contributed by atoms with Gasteiger partial charge in [-0.2, -0.15) is 0 Å². The molecule has 1 heterocycles. The van der Waals surface area contributed by atoms with Crippen LogP contribution in [0.5, 0.6) is 0 Å². The van der Waals surface area contributed by atoms with Gasteiger partial charge in [0.1, 0.15) is 0 Å². The third-order valence-electron chi connectivity index (χ3n) is 2.84. The highest BCUT2D eigenvalue weighted by atomic mass is 35.5. The molecule has 3 nitrogen and oxygen atoms in total. The van der Waals surface area contributed by atoms with E-state index in [1.165, 1.54) is 17.8 Å². The Kier molecular flexibility index (Phi) is 8.62. The lowest BCUT2D eigenvalue weighted by Crippen LogP contribution is -2.25. The molecular formula is C14H25ClN2OS. The topological polar surface area (TPSA) is 25.4 Å². The highest BCUT2D eigenvalue weighted by molar-refractivity contribution is 7.09. The van der Waals surface area contributed by atoms with Gasteiger partial charge < -0.3 is 9.64 Å². The predicted octanol–water partition coefficient (Wildman–Crippen LogP) is 3.56. The molecule has 0 saturated heterocycles. The van der Waals surface area contributed by atoms with Crippen LogP contribution in [0.4, 0.5) is 0 Å². The minimum absolute atomic E-state index is 0.328.